The Labute approximate surface area is 149 Å². The Balaban J connectivity index is 0.00000176. The van der Waals surface area contributed by atoms with Gasteiger partial charge in [0.1, 0.15) is 5.76 Å². The van der Waals surface area contributed by atoms with Crippen LogP contribution in [0.5, 0.6) is 0 Å². The topological polar surface area (TPSA) is 52.8 Å². The van der Waals surface area contributed by atoms with Crippen molar-refractivity contribution in [2.24, 2.45) is 4.99 Å². The van der Waals surface area contributed by atoms with Gasteiger partial charge in [-0.05, 0) is 38.3 Å². The minimum Gasteiger partial charge on any atom is -0.469 e. The fraction of sp³-hybridized carbons (Fsp3) is 0.688. The van der Waals surface area contributed by atoms with Crippen molar-refractivity contribution in [1.82, 2.24) is 15.5 Å². The lowest BCUT2D eigenvalue weighted by Crippen LogP contribution is -2.45. The molecule has 3 rings (SSSR count). The SMILES string of the molecule is CN=C(NCCc1ccco1)NC1CC(C)N(C2CC2)C1.I. The summed E-state index contributed by atoms with van der Waals surface area (Å²) in [6, 6.07) is 5.98. The number of halogens is 1. The normalized spacial score (nSPS) is 25.8. The highest BCUT2D eigenvalue weighted by molar-refractivity contribution is 14.0. The Hall–Kier alpha value is -0.760. The Bertz CT molecular complexity index is 473. The van der Waals surface area contributed by atoms with Gasteiger partial charge in [-0.1, -0.05) is 0 Å². The third-order valence-corrected chi connectivity index (χ3v) is 4.45. The van der Waals surface area contributed by atoms with E-state index in [4.69, 9.17) is 4.42 Å². The maximum atomic E-state index is 5.34. The molecule has 6 heteroatoms. The second-order valence-electron chi connectivity index (χ2n) is 6.18. The number of guanidine groups is 1. The van der Waals surface area contributed by atoms with Gasteiger partial charge in [0.2, 0.25) is 0 Å². The van der Waals surface area contributed by atoms with Crippen molar-refractivity contribution in [2.45, 2.75) is 50.7 Å². The van der Waals surface area contributed by atoms with Crippen LogP contribution in [0.25, 0.3) is 0 Å². The van der Waals surface area contributed by atoms with Crippen molar-refractivity contribution in [1.29, 1.82) is 0 Å². The van der Waals surface area contributed by atoms with Crippen molar-refractivity contribution in [3.05, 3.63) is 24.2 Å². The van der Waals surface area contributed by atoms with E-state index >= 15 is 0 Å². The molecule has 1 saturated carbocycles. The number of likely N-dealkylation sites (tertiary alicyclic amines) is 1. The van der Waals surface area contributed by atoms with Crippen LogP contribution in [-0.2, 0) is 6.42 Å². The molecule has 22 heavy (non-hydrogen) atoms. The molecule has 0 spiro atoms. The van der Waals surface area contributed by atoms with E-state index in [0.29, 0.717) is 12.1 Å². The van der Waals surface area contributed by atoms with E-state index in [1.165, 1.54) is 19.3 Å². The van der Waals surface area contributed by atoms with Crippen LogP contribution >= 0.6 is 24.0 Å². The molecule has 5 nitrogen and oxygen atoms in total. The van der Waals surface area contributed by atoms with E-state index in [1.807, 2.05) is 19.2 Å². The predicted octanol–water partition coefficient (Wildman–Crippen LogP) is 2.23. The van der Waals surface area contributed by atoms with Crippen molar-refractivity contribution >= 4 is 29.9 Å². The average Bonchev–Trinajstić information content (AvgIpc) is 3.06. The molecule has 1 aromatic rings. The highest BCUT2D eigenvalue weighted by atomic mass is 127. The second-order valence-corrected chi connectivity index (χ2v) is 6.18. The second kappa shape index (κ2) is 8.19. The van der Waals surface area contributed by atoms with Gasteiger partial charge in [-0.3, -0.25) is 9.89 Å². The number of nitrogens with one attached hydrogen (secondary N) is 2. The molecule has 2 N–H and O–H groups in total. The molecule has 0 aromatic carbocycles. The largest absolute Gasteiger partial charge is 0.469 e. The van der Waals surface area contributed by atoms with Gasteiger partial charge in [0.25, 0.3) is 0 Å². The lowest BCUT2D eigenvalue weighted by molar-refractivity contribution is 0.256. The summed E-state index contributed by atoms with van der Waals surface area (Å²) >= 11 is 0. The quantitative estimate of drug-likeness (QED) is 0.438. The van der Waals surface area contributed by atoms with E-state index in [9.17, 15) is 0 Å². The molecule has 2 aliphatic rings. The van der Waals surface area contributed by atoms with Gasteiger partial charge in [-0.15, -0.1) is 24.0 Å². The Morgan fingerprint density at radius 3 is 2.91 bits per heavy atom. The highest BCUT2D eigenvalue weighted by Gasteiger charge is 2.38. The molecule has 0 radical (unpaired) electrons. The average molecular weight is 418 g/mol. The summed E-state index contributed by atoms with van der Waals surface area (Å²) in [5.41, 5.74) is 0. The Morgan fingerprint density at radius 1 is 1.45 bits per heavy atom. The van der Waals surface area contributed by atoms with E-state index < -0.39 is 0 Å². The van der Waals surface area contributed by atoms with Crippen LogP contribution in [0.4, 0.5) is 0 Å². The van der Waals surface area contributed by atoms with E-state index in [2.05, 4.69) is 27.4 Å². The van der Waals surface area contributed by atoms with Crippen molar-refractivity contribution in [2.75, 3.05) is 20.1 Å². The van der Waals surface area contributed by atoms with Crippen LogP contribution in [0, 0.1) is 0 Å². The molecule has 0 amide bonds. The fourth-order valence-corrected chi connectivity index (χ4v) is 3.22. The number of hydrogen-bond donors (Lipinski definition) is 2. The summed E-state index contributed by atoms with van der Waals surface area (Å²) in [6.45, 7) is 4.32. The van der Waals surface area contributed by atoms with E-state index in [1.54, 1.807) is 6.26 Å². The van der Waals surface area contributed by atoms with Gasteiger partial charge in [-0.2, -0.15) is 0 Å². The van der Waals surface area contributed by atoms with Crippen molar-refractivity contribution < 1.29 is 4.42 Å². The molecule has 1 saturated heterocycles. The van der Waals surface area contributed by atoms with Crippen LogP contribution in [0.1, 0.15) is 31.9 Å². The van der Waals surface area contributed by atoms with Gasteiger partial charge in [0, 0.05) is 44.7 Å². The zero-order valence-corrected chi connectivity index (χ0v) is 15.7. The molecule has 1 aliphatic heterocycles. The van der Waals surface area contributed by atoms with Crippen LogP contribution in [0.2, 0.25) is 0 Å². The zero-order valence-electron chi connectivity index (χ0n) is 13.4. The smallest absolute Gasteiger partial charge is 0.191 e. The lowest BCUT2D eigenvalue weighted by atomic mass is 10.2. The first kappa shape index (κ1) is 17.6. The summed E-state index contributed by atoms with van der Waals surface area (Å²) in [5, 5.41) is 6.92. The maximum absolute atomic E-state index is 5.34. The number of furan rings is 1. The van der Waals surface area contributed by atoms with E-state index in [0.717, 1.165) is 37.3 Å². The first-order valence-corrected chi connectivity index (χ1v) is 8.01. The summed E-state index contributed by atoms with van der Waals surface area (Å²) < 4.78 is 5.34. The van der Waals surface area contributed by atoms with Crippen molar-refractivity contribution in [3.8, 4) is 0 Å². The molecule has 2 unspecified atom stereocenters. The van der Waals surface area contributed by atoms with Gasteiger partial charge in [0.05, 0.1) is 6.26 Å². The maximum Gasteiger partial charge on any atom is 0.191 e. The van der Waals surface area contributed by atoms with E-state index in [-0.39, 0.29) is 24.0 Å². The van der Waals surface area contributed by atoms with Crippen molar-refractivity contribution in [3.63, 3.8) is 0 Å². The van der Waals surface area contributed by atoms with Crippen LogP contribution in [-0.4, -0.2) is 49.1 Å². The van der Waals surface area contributed by atoms with Crippen LogP contribution in [0.15, 0.2) is 27.8 Å². The molecule has 2 fully saturated rings. The molecule has 0 bridgehead atoms. The third-order valence-electron chi connectivity index (χ3n) is 4.45. The van der Waals surface area contributed by atoms with Crippen LogP contribution < -0.4 is 10.6 Å². The summed E-state index contributed by atoms with van der Waals surface area (Å²) in [6.07, 6.45) is 6.56. The molecular formula is C16H27IN4O. The number of rotatable bonds is 5. The third kappa shape index (κ3) is 4.62. The number of hydrogen-bond acceptors (Lipinski definition) is 3. The standard InChI is InChI=1S/C16H26N4O.HI/c1-12-10-13(11-20(12)14-5-6-14)19-16(17-2)18-8-7-15-4-3-9-21-15;/h3-4,9,12-14H,5-8,10-11H2,1-2H3,(H2,17,18,19);1H. The highest BCUT2D eigenvalue weighted by Crippen LogP contribution is 2.33. The number of nitrogens with zero attached hydrogens (tertiary/aromatic N) is 2. The molecule has 2 atom stereocenters. The minimum absolute atomic E-state index is 0. The number of aliphatic imine (C=N–C) groups is 1. The van der Waals surface area contributed by atoms with Gasteiger partial charge in [0.15, 0.2) is 5.96 Å². The Morgan fingerprint density at radius 2 is 2.27 bits per heavy atom. The zero-order chi connectivity index (χ0) is 14.7. The summed E-state index contributed by atoms with van der Waals surface area (Å²) in [5.74, 6) is 1.91. The van der Waals surface area contributed by atoms with Gasteiger partial charge < -0.3 is 15.1 Å². The summed E-state index contributed by atoms with van der Waals surface area (Å²) in [7, 11) is 1.83. The molecule has 1 aromatic heterocycles. The monoisotopic (exact) mass is 418 g/mol. The minimum atomic E-state index is 0. The first-order chi connectivity index (χ1) is 10.3. The lowest BCUT2D eigenvalue weighted by Gasteiger charge is -2.20. The van der Waals surface area contributed by atoms with Crippen LogP contribution in [0.3, 0.4) is 0 Å². The molecule has 2 heterocycles. The van der Waals surface area contributed by atoms with Gasteiger partial charge in [-0.25, -0.2) is 0 Å². The molecular weight excluding hydrogens is 391 g/mol. The Kier molecular flexibility index (Phi) is 6.55. The summed E-state index contributed by atoms with van der Waals surface area (Å²) in [4.78, 5) is 6.97. The predicted molar refractivity (Wildman–Crippen MR) is 99.9 cm³/mol. The fourth-order valence-electron chi connectivity index (χ4n) is 3.22. The first-order valence-electron chi connectivity index (χ1n) is 8.01. The molecule has 1 aliphatic carbocycles. The van der Waals surface area contributed by atoms with Gasteiger partial charge >= 0.3 is 0 Å². The molecule has 124 valence electrons.